The summed E-state index contributed by atoms with van der Waals surface area (Å²) in [5.41, 5.74) is 2.86. The monoisotopic (exact) mass is 451 g/mol. The van der Waals surface area contributed by atoms with Gasteiger partial charge in [0.25, 0.3) is 0 Å². The van der Waals surface area contributed by atoms with E-state index in [2.05, 4.69) is 4.98 Å². The predicted octanol–water partition coefficient (Wildman–Crippen LogP) is 4.90. The Kier molecular flexibility index (Phi) is 4.92. The van der Waals surface area contributed by atoms with Crippen molar-refractivity contribution in [3.8, 4) is 0 Å². The number of nitrogens with one attached hydrogen (secondary N) is 1. The molecule has 0 amide bonds. The fraction of sp³-hybridized carbons (Fsp3) is 0.286. The van der Waals surface area contributed by atoms with Crippen LogP contribution < -0.4 is 0 Å². The Morgan fingerprint density at radius 1 is 1.17 bits per heavy atom. The van der Waals surface area contributed by atoms with E-state index in [-0.39, 0.29) is 9.92 Å². The molecule has 0 saturated carbocycles. The lowest BCUT2D eigenvalue weighted by molar-refractivity contribution is -0.141. The molecule has 0 aliphatic heterocycles. The zero-order valence-corrected chi connectivity index (χ0v) is 17.9. The highest BCUT2D eigenvalue weighted by atomic mass is 35.5. The molecule has 0 bridgehead atoms. The number of carboxylic acid groups (broad SMARTS) is 1. The van der Waals surface area contributed by atoms with Gasteiger partial charge in [-0.25, -0.2) is 8.42 Å². The number of sulfone groups is 1. The number of aliphatic carboxylic acids is 1. The summed E-state index contributed by atoms with van der Waals surface area (Å²) in [6.07, 6.45) is 1.34. The van der Waals surface area contributed by atoms with Gasteiger partial charge in [-0.2, -0.15) is 0 Å². The molecule has 2 N–H and O–H groups in total. The third kappa shape index (κ3) is 3.14. The molecule has 1 aromatic heterocycles. The van der Waals surface area contributed by atoms with Crippen LogP contribution >= 0.6 is 23.2 Å². The van der Waals surface area contributed by atoms with E-state index >= 15 is 0 Å². The quantitative estimate of drug-likeness (QED) is 0.590. The molecule has 1 heterocycles. The van der Waals surface area contributed by atoms with Gasteiger partial charge in [-0.1, -0.05) is 29.3 Å². The van der Waals surface area contributed by atoms with Gasteiger partial charge in [-0.15, -0.1) is 0 Å². The number of benzene rings is 2. The van der Waals surface area contributed by atoms with Gasteiger partial charge in [-0.3, -0.25) is 4.79 Å². The zero-order valence-electron chi connectivity index (χ0n) is 15.6. The molecule has 2 aromatic carbocycles. The number of carboxylic acids is 1. The second-order valence-corrected chi connectivity index (χ2v) is 10.8. The first-order valence-electron chi connectivity index (χ1n) is 9.17. The molecule has 0 fully saturated rings. The minimum Gasteiger partial charge on any atom is -0.480 e. The summed E-state index contributed by atoms with van der Waals surface area (Å²) in [4.78, 5) is 15.6. The molecule has 0 saturated heterocycles. The third-order valence-electron chi connectivity index (χ3n) is 6.02. The topological polar surface area (TPSA) is 87.2 Å². The zero-order chi connectivity index (χ0) is 21.0. The smallest absolute Gasteiger partial charge is 0.325 e. The Morgan fingerprint density at radius 2 is 1.90 bits per heavy atom. The molecule has 152 valence electrons. The first-order valence-corrected chi connectivity index (χ1v) is 11.4. The van der Waals surface area contributed by atoms with Crippen LogP contribution in [-0.2, 0) is 27.5 Å². The highest BCUT2D eigenvalue weighted by molar-refractivity contribution is 7.93. The van der Waals surface area contributed by atoms with Crippen LogP contribution in [0.1, 0.15) is 24.6 Å². The molecule has 0 radical (unpaired) electrons. The van der Waals surface area contributed by atoms with Crippen LogP contribution in [0.5, 0.6) is 0 Å². The molecule has 4 rings (SSSR count). The van der Waals surface area contributed by atoms with Crippen LogP contribution in [0.3, 0.4) is 0 Å². The molecular weight excluding hydrogens is 433 g/mol. The molecule has 5 nitrogen and oxygen atoms in total. The first-order chi connectivity index (χ1) is 13.6. The Labute approximate surface area is 178 Å². The first kappa shape index (κ1) is 20.3. The number of aromatic nitrogens is 1. The lowest BCUT2D eigenvalue weighted by atomic mass is 9.79. The van der Waals surface area contributed by atoms with Gasteiger partial charge in [0.2, 0.25) is 0 Å². The largest absolute Gasteiger partial charge is 0.480 e. The van der Waals surface area contributed by atoms with E-state index in [0.29, 0.717) is 24.3 Å². The van der Waals surface area contributed by atoms with Crippen molar-refractivity contribution in [2.45, 2.75) is 35.8 Å². The van der Waals surface area contributed by atoms with E-state index in [1.807, 2.05) is 12.1 Å². The summed E-state index contributed by atoms with van der Waals surface area (Å²) in [5, 5.41) is 11.9. The van der Waals surface area contributed by atoms with Crippen LogP contribution in [0.25, 0.3) is 10.9 Å². The molecule has 0 spiro atoms. The van der Waals surface area contributed by atoms with Crippen LogP contribution in [-0.4, -0.2) is 29.2 Å². The van der Waals surface area contributed by atoms with Gasteiger partial charge in [0.1, 0.15) is 0 Å². The Bertz CT molecular complexity index is 1230. The van der Waals surface area contributed by atoms with Crippen LogP contribution in [0.2, 0.25) is 10.0 Å². The molecule has 1 aliphatic carbocycles. The van der Waals surface area contributed by atoms with Crippen molar-refractivity contribution < 1.29 is 18.3 Å². The maximum atomic E-state index is 13.4. The van der Waals surface area contributed by atoms with E-state index in [9.17, 15) is 18.3 Å². The predicted molar refractivity (Wildman–Crippen MR) is 114 cm³/mol. The lowest BCUT2D eigenvalue weighted by Gasteiger charge is -2.35. The molecule has 2 atom stereocenters. The summed E-state index contributed by atoms with van der Waals surface area (Å²) in [7, 11) is -4.18. The molecule has 29 heavy (non-hydrogen) atoms. The average Bonchev–Trinajstić information content (AvgIpc) is 3.04. The number of hydrogen-bond acceptors (Lipinski definition) is 3. The number of H-pyrrole nitrogens is 1. The number of carbonyl (C=O) groups is 1. The number of aromatic amines is 1. The summed E-state index contributed by atoms with van der Waals surface area (Å²) >= 11 is 12.1. The number of aryl methyl sites for hydroxylation is 1. The van der Waals surface area contributed by atoms with Gasteiger partial charge in [0.15, 0.2) is 14.6 Å². The fourth-order valence-corrected chi connectivity index (χ4v) is 6.59. The SMILES string of the molecule is CC(C(=O)O)(C1CCc2c([nH]c3ccc(Cl)cc23)C1)S(=O)(=O)c1cccc(Cl)c1. The maximum absolute atomic E-state index is 13.4. The van der Waals surface area contributed by atoms with Crippen molar-refractivity contribution in [2.24, 2.45) is 5.92 Å². The highest BCUT2D eigenvalue weighted by Gasteiger charge is 2.54. The second kappa shape index (κ2) is 7.04. The molecule has 3 aromatic rings. The van der Waals surface area contributed by atoms with Crippen molar-refractivity contribution in [1.29, 1.82) is 0 Å². The van der Waals surface area contributed by atoms with Crippen molar-refractivity contribution in [3.63, 3.8) is 0 Å². The molecule has 1 aliphatic rings. The van der Waals surface area contributed by atoms with Crippen LogP contribution in [0, 0.1) is 5.92 Å². The van der Waals surface area contributed by atoms with E-state index in [1.165, 1.54) is 25.1 Å². The fourth-order valence-electron chi connectivity index (χ4n) is 4.26. The Balaban J connectivity index is 1.79. The number of halogens is 2. The highest BCUT2D eigenvalue weighted by Crippen LogP contribution is 2.42. The van der Waals surface area contributed by atoms with Gasteiger partial charge in [-0.05, 0) is 74.1 Å². The summed E-state index contributed by atoms with van der Waals surface area (Å²) < 4.78 is 24.8. The number of hydrogen-bond donors (Lipinski definition) is 2. The standard InChI is InChI=1S/C21H19Cl2NO4S/c1-21(20(25)26,29(27,28)15-4-2-3-13(22)10-15)12-5-7-16-17-11-14(23)6-8-18(17)24-19(16)9-12/h2-4,6,8,10-12,24H,5,7,9H2,1H3,(H,25,26). The van der Waals surface area contributed by atoms with Gasteiger partial charge < -0.3 is 10.1 Å². The number of rotatable bonds is 4. The van der Waals surface area contributed by atoms with Crippen molar-refractivity contribution in [1.82, 2.24) is 4.98 Å². The van der Waals surface area contributed by atoms with Crippen molar-refractivity contribution in [2.75, 3.05) is 0 Å². The molecular formula is C21H19Cl2NO4S. The Hall–Kier alpha value is -2.02. The molecule has 2 unspecified atom stereocenters. The number of fused-ring (bicyclic) bond motifs is 3. The van der Waals surface area contributed by atoms with E-state index in [1.54, 1.807) is 12.1 Å². The minimum atomic E-state index is -4.18. The van der Waals surface area contributed by atoms with E-state index in [0.717, 1.165) is 22.2 Å². The van der Waals surface area contributed by atoms with E-state index in [4.69, 9.17) is 23.2 Å². The van der Waals surface area contributed by atoms with E-state index < -0.39 is 26.5 Å². The second-order valence-electron chi connectivity index (χ2n) is 7.58. The van der Waals surface area contributed by atoms with Crippen molar-refractivity contribution in [3.05, 3.63) is 63.8 Å². The van der Waals surface area contributed by atoms with Gasteiger partial charge >= 0.3 is 5.97 Å². The minimum absolute atomic E-state index is 0.0795. The lowest BCUT2D eigenvalue weighted by Crippen LogP contribution is -2.51. The van der Waals surface area contributed by atoms with Crippen LogP contribution in [0.15, 0.2) is 47.4 Å². The molecule has 8 heteroatoms. The maximum Gasteiger partial charge on any atom is 0.325 e. The average molecular weight is 452 g/mol. The third-order valence-corrected chi connectivity index (χ3v) is 8.99. The van der Waals surface area contributed by atoms with Gasteiger partial charge in [0.05, 0.1) is 4.90 Å². The van der Waals surface area contributed by atoms with Crippen molar-refractivity contribution >= 4 is 49.9 Å². The summed E-state index contributed by atoms with van der Waals surface area (Å²) in [6.45, 7) is 1.31. The summed E-state index contributed by atoms with van der Waals surface area (Å²) in [6, 6.07) is 11.3. The van der Waals surface area contributed by atoms with Crippen LogP contribution in [0.4, 0.5) is 0 Å². The normalized spacial score (nSPS) is 18.9. The summed E-state index contributed by atoms with van der Waals surface area (Å²) in [5.74, 6) is -1.95. The Morgan fingerprint density at radius 3 is 2.59 bits per heavy atom. The van der Waals surface area contributed by atoms with Gasteiger partial charge in [0, 0.05) is 26.6 Å².